The molecule has 0 fully saturated rings. The van der Waals surface area contributed by atoms with Gasteiger partial charge in [-0.3, -0.25) is 0 Å². The zero-order valence-corrected chi connectivity index (χ0v) is 10.7. The molecule has 3 aromatic heterocycles. The minimum atomic E-state index is 0.579. The number of ether oxygens (including phenoxy) is 1. The smallest absolute Gasteiger partial charge is 0.213 e. The summed E-state index contributed by atoms with van der Waals surface area (Å²) in [4.78, 5) is 11.6. The number of nitrogens with zero attached hydrogens (tertiary/aromatic N) is 4. The van der Waals surface area contributed by atoms with Crippen LogP contribution in [0.1, 0.15) is 5.82 Å². The molecule has 6 nitrogen and oxygen atoms in total. The first kappa shape index (κ1) is 11.5. The normalized spacial score (nSPS) is 10.6. The molecule has 3 heterocycles. The van der Waals surface area contributed by atoms with Crippen molar-refractivity contribution in [1.29, 1.82) is 0 Å². The van der Waals surface area contributed by atoms with Gasteiger partial charge in [-0.05, 0) is 19.1 Å². The summed E-state index contributed by atoms with van der Waals surface area (Å²) in [6, 6.07) is 5.64. The molecule has 0 radical (unpaired) electrons. The van der Waals surface area contributed by atoms with E-state index in [1.807, 2.05) is 19.1 Å². The summed E-state index contributed by atoms with van der Waals surface area (Å²) in [6.07, 6.45) is 5.26. The molecule has 0 saturated heterocycles. The van der Waals surface area contributed by atoms with Gasteiger partial charge in [0.2, 0.25) is 5.88 Å². The van der Waals surface area contributed by atoms with Gasteiger partial charge in [0.1, 0.15) is 5.82 Å². The zero-order chi connectivity index (χ0) is 13.2. The summed E-state index contributed by atoms with van der Waals surface area (Å²) in [5.74, 6) is 1.45. The van der Waals surface area contributed by atoms with Crippen LogP contribution in [0.25, 0.3) is 17.1 Å². The highest BCUT2D eigenvalue weighted by molar-refractivity contribution is 5.56. The largest absolute Gasteiger partial charge is 0.481 e. The van der Waals surface area contributed by atoms with Crippen molar-refractivity contribution in [3.63, 3.8) is 0 Å². The van der Waals surface area contributed by atoms with Crippen LogP contribution in [0.3, 0.4) is 0 Å². The van der Waals surface area contributed by atoms with Crippen LogP contribution < -0.4 is 4.74 Å². The summed E-state index contributed by atoms with van der Waals surface area (Å²) in [5.41, 5.74) is 2.73. The first-order chi connectivity index (χ1) is 9.28. The van der Waals surface area contributed by atoms with E-state index in [2.05, 4.69) is 20.1 Å². The average molecular weight is 255 g/mol. The number of aryl methyl sites for hydroxylation is 1. The number of aromatic amines is 1. The maximum absolute atomic E-state index is 5.05. The van der Waals surface area contributed by atoms with Gasteiger partial charge in [0.25, 0.3) is 0 Å². The van der Waals surface area contributed by atoms with Crippen molar-refractivity contribution in [2.24, 2.45) is 0 Å². The first-order valence-corrected chi connectivity index (χ1v) is 5.84. The third-order valence-electron chi connectivity index (χ3n) is 2.80. The van der Waals surface area contributed by atoms with E-state index in [9.17, 15) is 0 Å². The van der Waals surface area contributed by atoms with E-state index >= 15 is 0 Å². The number of hydrogen-bond donors (Lipinski definition) is 1. The third kappa shape index (κ3) is 2.08. The van der Waals surface area contributed by atoms with Crippen LogP contribution in [0.15, 0.2) is 36.8 Å². The fourth-order valence-electron chi connectivity index (χ4n) is 1.88. The van der Waals surface area contributed by atoms with Crippen molar-refractivity contribution in [3.05, 3.63) is 42.6 Å². The lowest BCUT2D eigenvalue weighted by Gasteiger charge is -2.06. The Bertz CT molecular complexity index is 683. The van der Waals surface area contributed by atoms with E-state index in [0.717, 1.165) is 22.9 Å². The van der Waals surface area contributed by atoms with Gasteiger partial charge in [-0.15, -0.1) is 0 Å². The van der Waals surface area contributed by atoms with E-state index in [-0.39, 0.29) is 0 Å². The van der Waals surface area contributed by atoms with Gasteiger partial charge < -0.3 is 9.72 Å². The molecule has 0 aliphatic carbocycles. The molecular weight excluding hydrogens is 242 g/mol. The van der Waals surface area contributed by atoms with Gasteiger partial charge in [-0.2, -0.15) is 5.10 Å². The lowest BCUT2D eigenvalue weighted by molar-refractivity contribution is 0.397. The van der Waals surface area contributed by atoms with Crippen LogP contribution in [0.4, 0.5) is 0 Å². The Kier molecular flexibility index (Phi) is 2.75. The van der Waals surface area contributed by atoms with Gasteiger partial charge in [0, 0.05) is 6.07 Å². The maximum Gasteiger partial charge on any atom is 0.213 e. The highest BCUT2D eigenvalue weighted by Crippen LogP contribution is 2.20. The second kappa shape index (κ2) is 4.56. The highest BCUT2D eigenvalue weighted by Gasteiger charge is 2.09. The topological polar surface area (TPSA) is 68.6 Å². The molecule has 0 atom stereocenters. The monoisotopic (exact) mass is 255 g/mol. The van der Waals surface area contributed by atoms with E-state index < -0.39 is 0 Å². The molecule has 0 saturated carbocycles. The maximum atomic E-state index is 5.05. The molecule has 1 N–H and O–H groups in total. The molecule has 3 aromatic rings. The minimum Gasteiger partial charge on any atom is -0.481 e. The van der Waals surface area contributed by atoms with Crippen molar-refractivity contribution in [1.82, 2.24) is 24.7 Å². The van der Waals surface area contributed by atoms with Gasteiger partial charge in [-0.1, -0.05) is 0 Å². The van der Waals surface area contributed by atoms with Gasteiger partial charge >= 0.3 is 0 Å². The quantitative estimate of drug-likeness (QED) is 0.777. The second-order valence-electron chi connectivity index (χ2n) is 4.07. The van der Waals surface area contributed by atoms with Crippen molar-refractivity contribution in [3.8, 4) is 23.0 Å². The highest BCUT2D eigenvalue weighted by atomic mass is 16.5. The van der Waals surface area contributed by atoms with E-state index in [1.54, 1.807) is 36.4 Å². The Balaban J connectivity index is 2.03. The van der Waals surface area contributed by atoms with E-state index in [0.29, 0.717) is 5.88 Å². The lowest BCUT2D eigenvalue weighted by Crippen LogP contribution is -2.00. The van der Waals surface area contributed by atoms with E-state index in [1.165, 1.54) is 0 Å². The number of rotatable bonds is 3. The van der Waals surface area contributed by atoms with Crippen LogP contribution in [-0.2, 0) is 0 Å². The summed E-state index contributed by atoms with van der Waals surface area (Å²) in [5, 5.41) is 4.32. The molecule has 0 aliphatic heterocycles. The van der Waals surface area contributed by atoms with Crippen LogP contribution >= 0.6 is 0 Å². The molecule has 6 heteroatoms. The summed E-state index contributed by atoms with van der Waals surface area (Å²) >= 11 is 0. The third-order valence-corrected chi connectivity index (χ3v) is 2.80. The molecule has 0 bridgehead atoms. The summed E-state index contributed by atoms with van der Waals surface area (Å²) < 4.78 is 6.85. The SMILES string of the molecule is COc1ccc(-n2nccc2-c2cnc(C)[nH]2)cn1. The summed E-state index contributed by atoms with van der Waals surface area (Å²) in [6.45, 7) is 1.92. The Labute approximate surface area is 110 Å². The Morgan fingerprint density at radius 3 is 2.68 bits per heavy atom. The Morgan fingerprint density at radius 2 is 2.05 bits per heavy atom. The van der Waals surface area contributed by atoms with E-state index in [4.69, 9.17) is 4.74 Å². The number of aromatic nitrogens is 5. The number of methoxy groups -OCH3 is 1. The predicted molar refractivity (Wildman–Crippen MR) is 70.2 cm³/mol. The molecule has 3 rings (SSSR count). The lowest BCUT2D eigenvalue weighted by atomic mass is 10.3. The predicted octanol–water partition coefficient (Wildman–Crippen LogP) is 1.97. The first-order valence-electron chi connectivity index (χ1n) is 5.84. The van der Waals surface area contributed by atoms with Crippen LogP contribution in [0, 0.1) is 6.92 Å². The number of H-pyrrole nitrogens is 1. The fourth-order valence-corrected chi connectivity index (χ4v) is 1.88. The molecule has 0 aromatic carbocycles. The molecular formula is C13H13N5O. The fraction of sp³-hybridized carbons (Fsp3) is 0.154. The molecule has 19 heavy (non-hydrogen) atoms. The van der Waals surface area contributed by atoms with Crippen molar-refractivity contribution in [2.45, 2.75) is 6.92 Å². The number of imidazole rings is 1. The molecule has 0 unspecified atom stereocenters. The number of nitrogens with one attached hydrogen (secondary N) is 1. The summed E-state index contributed by atoms with van der Waals surface area (Å²) in [7, 11) is 1.59. The number of pyridine rings is 1. The van der Waals surface area contributed by atoms with Gasteiger partial charge in [-0.25, -0.2) is 14.6 Å². The minimum absolute atomic E-state index is 0.579. The average Bonchev–Trinajstić information content (AvgIpc) is 3.07. The zero-order valence-electron chi connectivity index (χ0n) is 10.7. The van der Waals surface area contributed by atoms with Gasteiger partial charge in [0.15, 0.2) is 0 Å². The van der Waals surface area contributed by atoms with Crippen molar-refractivity contribution < 1.29 is 4.74 Å². The molecule has 0 aliphatic rings. The molecule has 0 spiro atoms. The Morgan fingerprint density at radius 1 is 1.16 bits per heavy atom. The van der Waals surface area contributed by atoms with Crippen molar-refractivity contribution in [2.75, 3.05) is 7.11 Å². The molecule has 0 amide bonds. The van der Waals surface area contributed by atoms with Crippen molar-refractivity contribution >= 4 is 0 Å². The second-order valence-corrected chi connectivity index (χ2v) is 4.07. The van der Waals surface area contributed by atoms with Crippen LogP contribution in [0.5, 0.6) is 5.88 Å². The molecule has 96 valence electrons. The van der Waals surface area contributed by atoms with Crippen LogP contribution in [-0.4, -0.2) is 31.8 Å². The number of hydrogen-bond acceptors (Lipinski definition) is 4. The standard InChI is InChI=1S/C13H13N5O/c1-9-14-8-11(17-9)12-5-6-16-18(12)10-3-4-13(19-2)15-7-10/h3-8H,1-2H3,(H,14,17). The van der Waals surface area contributed by atoms with Crippen LogP contribution in [0.2, 0.25) is 0 Å². The van der Waals surface area contributed by atoms with Gasteiger partial charge in [0.05, 0.1) is 42.8 Å². The Hall–Kier alpha value is -2.63.